The number of aryl methyl sites for hydroxylation is 2. The predicted molar refractivity (Wildman–Crippen MR) is 77.9 cm³/mol. The Morgan fingerprint density at radius 1 is 1.21 bits per heavy atom. The van der Waals surface area contributed by atoms with E-state index in [-0.39, 0.29) is 5.91 Å². The van der Waals surface area contributed by atoms with Gasteiger partial charge < -0.3 is 5.32 Å². The van der Waals surface area contributed by atoms with Gasteiger partial charge in [-0.05, 0) is 50.1 Å². The Morgan fingerprint density at radius 3 is 2.68 bits per heavy atom. The van der Waals surface area contributed by atoms with E-state index in [0.717, 1.165) is 22.5 Å². The van der Waals surface area contributed by atoms with E-state index >= 15 is 0 Å². The molecule has 0 unspecified atom stereocenters. The summed E-state index contributed by atoms with van der Waals surface area (Å²) in [6, 6.07) is 7.15. The van der Waals surface area contributed by atoms with Crippen LogP contribution < -0.4 is 5.32 Å². The van der Waals surface area contributed by atoms with E-state index in [1.54, 1.807) is 24.4 Å². The van der Waals surface area contributed by atoms with Crippen LogP contribution >= 0.6 is 11.6 Å². The number of carbonyl (C=O) groups excluding carboxylic acids is 1. The summed E-state index contributed by atoms with van der Waals surface area (Å²) in [7, 11) is 0. The smallest absolute Gasteiger partial charge is 0.256 e. The van der Waals surface area contributed by atoms with Gasteiger partial charge in [0, 0.05) is 28.2 Å². The lowest BCUT2D eigenvalue weighted by Crippen LogP contribution is -2.15. The average molecular weight is 275 g/mol. The van der Waals surface area contributed by atoms with E-state index in [4.69, 9.17) is 11.6 Å². The molecule has 1 N–H and O–H groups in total. The van der Waals surface area contributed by atoms with Crippen LogP contribution in [0.25, 0.3) is 0 Å². The van der Waals surface area contributed by atoms with Gasteiger partial charge in [-0.2, -0.15) is 0 Å². The van der Waals surface area contributed by atoms with Crippen molar-refractivity contribution in [2.24, 2.45) is 0 Å². The van der Waals surface area contributed by atoms with Crippen LogP contribution in [-0.4, -0.2) is 10.9 Å². The van der Waals surface area contributed by atoms with Crippen LogP contribution in [0.5, 0.6) is 0 Å². The number of benzene rings is 1. The van der Waals surface area contributed by atoms with Crippen molar-refractivity contribution in [2.45, 2.75) is 20.8 Å². The number of anilines is 1. The highest BCUT2D eigenvalue weighted by Crippen LogP contribution is 2.21. The second kappa shape index (κ2) is 5.41. The molecule has 2 aromatic rings. The number of rotatable bonds is 2. The Hall–Kier alpha value is -1.87. The molecule has 2 rings (SSSR count). The molecule has 1 aromatic carbocycles. The number of pyridine rings is 1. The van der Waals surface area contributed by atoms with Crippen molar-refractivity contribution in [1.82, 2.24) is 4.98 Å². The zero-order valence-electron chi connectivity index (χ0n) is 11.1. The number of amides is 1. The second-order valence-electron chi connectivity index (χ2n) is 4.48. The minimum atomic E-state index is -0.145. The van der Waals surface area contributed by atoms with E-state index < -0.39 is 0 Å². The molecule has 0 bridgehead atoms. The molecule has 1 heterocycles. The summed E-state index contributed by atoms with van der Waals surface area (Å²) in [6.45, 7) is 5.70. The van der Waals surface area contributed by atoms with E-state index in [1.807, 2.05) is 26.8 Å². The lowest BCUT2D eigenvalue weighted by molar-refractivity contribution is 0.102. The number of nitrogens with one attached hydrogen (secondary N) is 1. The Bertz CT molecular complexity index is 638. The van der Waals surface area contributed by atoms with Crippen molar-refractivity contribution in [2.75, 3.05) is 5.32 Å². The number of hydrogen-bond acceptors (Lipinski definition) is 2. The van der Waals surface area contributed by atoms with E-state index in [2.05, 4.69) is 10.3 Å². The third kappa shape index (κ3) is 2.93. The zero-order valence-corrected chi connectivity index (χ0v) is 11.9. The fourth-order valence-corrected chi connectivity index (χ4v) is 1.98. The number of hydrogen-bond donors (Lipinski definition) is 1. The topological polar surface area (TPSA) is 42.0 Å². The maximum Gasteiger partial charge on any atom is 0.256 e. The molecule has 0 saturated heterocycles. The van der Waals surface area contributed by atoms with Crippen LogP contribution in [0.3, 0.4) is 0 Å². The lowest BCUT2D eigenvalue weighted by atomic mass is 10.1. The first-order valence-electron chi connectivity index (χ1n) is 5.98. The number of carbonyl (C=O) groups is 1. The molecule has 19 heavy (non-hydrogen) atoms. The first-order valence-corrected chi connectivity index (χ1v) is 6.36. The second-order valence-corrected chi connectivity index (χ2v) is 4.92. The SMILES string of the molecule is Cc1ccc(Cl)cc1NC(=O)c1ccnc(C)c1C. The van der Waals surface area contributed by atoms with Gasteiger partial charge in [-0.15, -0.1) is 0 Å². The van der Waals surface area contributed by atoms with Crippen molar-refractivity contribution < 1.29 is 4.79 Å². The molecule has 98 valence electrons. The predicted octanol–water partition coefficient (Wildman–Crippen LogP) is 3.91. The summed E-state index contributed by atoms with van der Waals surface area (Å²) in [5.41, 5.74) is 4.08. The maximum atomic E-state index is 12.3. The van der Waals surface area contributed by atoms with Crippen LogP contribution in [-0.2, 0) is 0 Å². The van der Waals surface area contributed by atoms with Gasteiger partial charge in [0.05, 0.1) is 0 Å². The van der Waals surface area contributed by atoms with Gasteiger partial charge in [-0.1, -0.05) is 17.7 Å². The molecule has 0 aliphatic carbocycles. The van der Waals surface area contributed by atoms with E-state index in [9.17, 15) is 4.79 Å². The zero-order chi connectivity index (χ0) is 14.0. The summed E-state index contributed by atoms with van der Waals surface area (Å²) >= 11 is 5.94. The molecule has 3 nitrogen and oxygen atoms in total. The summed E-state index contributed by atoms with van der Waals surface area (Å²) in [5, 5.41) is 3.48. The highest BCUT2D eigenvalue weighted by Gasteiger charge is 2.12. The fourth-order valence-electron chi connectivity index (χ4n) is 1.80. The molecule has 1 amide bonds. The first kappa shape index (κ1) is 13.6. The maximum absolute atomic E-state index is 12.3. The molecule has 1 aromatic heterocycles. The largest absolute Gasteiger partial charge is 0.322 e. The third-order valence-corrected chi connectivity index (χ3v) is 3.38. The Balaban J connectivity index is 2.31. The third-order valence-electron chi connectivity index (χ3n) is 3.15. The van der Waals surface area contributed by atoms with Gasteiger partial charge in [-0.3, -0.25) is 9.78 Å². The van der Waals surface area contributed by atoms with Crippen LogP contribution in [0.1, 0.15) is 27.2 Å². The normalized spacial score (nSPS) is 10.3. The van der Waals surface area contributed by atoms with Gasteiger partial charge in [0.25, 0.3) is 5.91 Å². The number of aromatic nitrogens is 1. The molecule has 0 aliphatic rings. The highest BCUT2D eigenvalue weighted by molar-refractivity contribution is 6.31. The van der Waals surface area contributed by atoms with Crippen LogP contribution in [0.4, 0.5) is 5.69 Å². The van der Waals surface area contributed by atoms with E-state index in [0.29, 0.717) is 10.6 Å². The van der Waals surface area contributed by atoms with Crippen molar-refractivity contribution in [3.05, 3.63) is 57.9 Å². The Morgan fingerprint density at radius 2 is 1.95 bits per heavy atom. The minimum Gasteiger partial charge on any atom is -0.322 e. The summed E-state index contributed by atoms with van der Waals surface area (Å²) in [6.07, 6.45) is 1.64. The van der Waals surface area contributed by atoms with Crippen molar-refractivity contribution in [1.29, 1.82) is 0 Å². The summed E-state index contributed by atoms with van der Waals surface area (Å²) in [5.74, 6) is -0.145. The van der Waals surface area contributed by atoms with Gasteiger partial charge in [0.1, 0.15) is 0 Å². The molecule has 0 aliphatic heterocycles. The average Bonchev–Trinajstić information content (AvgIpc) is 2.37. The molecule has 0 atom stereocenters. The molecule has 0 spiro atoms. The first-order chi connectivity index (χ1) is 8.99. The molecule has 0 radical (unpaired) electrons. The standard InChI is InChI=1S/C15H15ClN2O/c1-9-4-5-12(16)8-14(9)18-15(19)13-6-7-17-11(3)10(13)2/h4-8H,1-3H3,(H,18,19). The number of nitrogens with zero attached hydrogens (tertiary/aromatic N) is 1. The monoisotopic (exact) mass is 274 g/mol. The molecule has 4 heteroatoms. The molecule has 0 fully saturated rings. The highest BCUT2D eigenvalue weighted by atomic mass is 35.5. The van der Waals surface area contributed by atoms with Crippen LogP contribution in [0.15, 0.2) is 30.5 Å². The van der Waals surface area contributed by atoms with Crippen molar-refractivity contribution in [3.63, 3.8) is 0 Å². The van der Waals surface area contributed by atoms with Crippen molar-refractivity contribution >= 4 is 23.2 Å². The molecule has 0 saturated carbocycles. The lowest BCUT2D eigenvalue weighted by Gasteiger charge is -2.11. The fraction of sp³-hybridized carbons (Fsp3) is 0.200. The van der Waals surface area contributed by atoms with Gasteiger partial charge in [0.15, 0.2) is 0 Å². The van der Waals surface area contributed by atoms with Crippen LogP contribution in [0, 0.1) is 20.8 Å². The van der Waals surface area contributed by atoms with E-state index in [1.165, 1.54) is 0 Å². The van der Waals surface area contributed by atoms with Crippen molar-refractivity contribution in [3.8, 4) is 0 Å². The molecular weight excluding hydrogens is 260 g/mol. The summed E-state index contributed by atoms with van der Waals surface area (Å²) < 4.78 is 0. The Labute approximate surface area is 117 Å². The van der Waals surface area contributed by atoms with Gasteiger partial charge >= 0.3 is 0 Å². The van der Waals surface area contributed by atoms with Gasteiger partial charge in [0.2, 0.25) is 0 Å². The minimum absolute atomic E-state index is 0.145. The summed E-state index contributed by atoms with van der Waals surface area (Å²) in [4.78, 5) is 16.4. The number of halogens is 1. The van der Waals surface area contributed by atoms with Gasteiger partial charge in [-0.25, -0.2) is 0 Å². The molecular formula is C15H15ClN2O. The van der Waals surface area contributed by atoms with Crippen LogP contribution in [0.2, 0.25) is 5.02 Å². The Kier molecular flexibility index (Phi) is 3.86. The quantitative estimate of drug-likeness (QED) is 0.902.